The maximum atomic E-state index is 13.4. The summed E-state index contributed by atoms with van der Waals surface area (Å²) in [7, 11) is 0. The standard InChI is InChI=1S/C15H9F2NO2/c1-2-8-4-3-5-12-14(8)20-15(18-12)9-6-10(16)13(19)11(17)7-9/h2-7,19H,1H2. The Hall–Kier alpha value is -2.69. The normalized spacial score (nSPS) is 10.9. The first-order valence-corrected chi connectivity index (χ1v) is 5.80. The van der Waals surface area contributed by atoms with Gasteiger partial charge in [0.2, 0.25) is 5.89 Å². The second-order valence-electron chi connectivity index (χ2n) is 4.21. The molecule has 0 spiro atoms. The molecule has 0 aliphatic heterocycles. The van der Waals surface area contributed by atoms with Gasteiger partial charge in [0.25, 0.3) is 0 Å². The predicted octanol–water partition coefficient (Wildman–Crippen LogP) is 4.12. The third kappa shape index (κ3) is 1.84. The lowest BCUT2D eigenvalue weighted by Crippen LogP contribution is -1.86. The number of phenols is 1. The Morgan fingerprint density at radius 2 is 1.90 bits per heavy atom. The van der Waals surface area contributed by atoms with Gasteiger partial charge in [0, 0.05) is 11.1 Å². The molecule has 0 amide bonds. The summed E-state index contributed by atoms with van der Waals surface area (Å²) >= 11 is 0. The molecule has 0 saturated carbocycles. The topological polar surface area (TPSA) is 46.3 Å². The third-order valence-electron chi connectivity index (χ3n) is 2.93. The molecule has 1 N–H and O–H groups in total. The van der Waals surface area contributed by atoms with Crippen LogP contribution < -0.4 is 0 Å². The number of para-hydroxylation sites is 1. The highest BCUT2D eigenvalue weighted by Gasteiger charge is 2.15. The van der Waals surface area contributed by atoms with Crippen molar-refractivity contribution in [2.45, 2.75) is 0 Å². The van der Waals surface area contributed by atoms with Crippen molar-refractivity contribution in [2.75, 3.05) is 0 Å². The Kier molecular flexibility index (Phi) is 2.75. The first-order chi connectivity index (χ1) is 9.60. The van der Waals surface area contributed by atoms with Gasteiger partial charge >= 0.3 is 0 Å². The number of nitrogens with zero attached hydrogens (tertiary/aromatic N) is 1. The van der Waals surface area contributed by atoms with Gasteiger partial charge in [-0.15, -0.1) is 0 Å². The summed E-state index contributed by atoms with van der Waals surface area (Å²) in [4.78, 5) is 4.17. The molecule has 0 saturated heterocycles. The highest BCUT2D eigenvalue weighted by atomic mass is 19.1. The van der Waals surface area contributed by atoms with Crippen molar-refractivity contribution in [3.05, 3.63) is 54.1 Å². The molecule has 1 heterocycles. The molecule has 2 aromatic carbocycles. The molecule has 20 heavy (non-hydrogen) atoms. The number of oxazole rings is 1. The van der Waals surface area contributed by atoms with Crippen LogP contribution in [0.25, 0.3) is 28.6 Å². The highest BCUT2D eigenvalue weighted by Crippen LogP contribution is 2.30. The fourth-order valence-corrected chi connectivity index (χ4v) is 1.94. The van der Waals surface area contributed by atoms with Crippen molar-refractivity contribution in [3.63, 3.8) is 0 Å². The Morgan fingerprint density at radius 3 is 2.55 bits per heavy atom. The van der Waals surface area contributed by atoms with Gasteiger partial charge in [-0.1, -0.05) is 24.8 Å². The monoisotopic (exact) mass is 273 g/mol. The van der Waals surface area contributed by atoms with Gasteiger partial charge in [0.1, 0.15) is 5.52 Å². The van der Waals surface area contributed by atoms with Crippen molar-refractivity contribution in [1.82, 2.24) is 4.98 Å². The first kappa shape index (κ1) is 12.3. The summed E-state index contributed by atoms with van der Waals surface area (Å²) in [5.74, 6) is -3.07. The van der Waals surface area contributed by atoms with E-state index < -0.39 is 17.4 Å². The maximum Gasteiger partial charge on any atom is 0.227 e. The van der Waals surface area contributed by atoms with E-state index >= 15 is 0 Å². The lowest BCUT2D eigenvalue weighted by Gasteiger charge is -2.00. The summed E-state index contributed by atoms with van der Waals surface area (Å²) in [6.07, 6.45) is 1.61. The lowest BCUT2D eigenvalue weighted by molar-refractivity contribution is 0.396. The van der Waals surface area contributed by atoms with E-state index in [0.717, 1.165) is 17.7 Å². The van der Waals surface area contributed by atoms with Crippen molar-refractivity contribution in [2.24, 2.45) is 0 Å². The molecule has 0 unspecified atom stereocenters. The minimum absolute atomic E-state index is 0.0760. The van der Waals surface area contributed by atoms with E-state index in [9.17, 15) is 8.78 Å². The van der Waals surface area contributed by atoms with Gasteiger partial charge in [-0.2, -0.15) is 0 Å². The molecule has 0 bridgehead atoms. The van der Waals surface area contributed by atoms with Crippen LogP contribution in [0.1, 0.15) is 5.56 Å². The summed E-state index contributed by atoms with van der Waals surface area (Å²) < 4.78 is 32.2. The highest BCUT2D eigenvalue weighted by molar-refractivity contribution is 5.84. The van der Waals surface area contributed by atoms with Crippen LogP contribution >= 0.6 is 0 Å². The van der Waals surface area contributed by atoms with Crippen molar-refractivity contribution < 1.29 is 18.3 Å². The molecule has 5 heteroatoms. The number of phenolic OH excluding ortho intramolecular Hbond substituents is 1. The molecule has 3 nitrogen and oxygen atoms in total. The van der Waals surface area contributed by atoms with Crippen LogP contribution in [0.4, 0.5) is 8.78 Å². The van der Waals surface area contributed by atoms with E-state index in [1.165, 1.54) is 0 Å². The number of hydrogen-bond donors (Lipinski definition) is 1. The SMILES string of the molecule is C=Cc1cccc2nc(-c3cc(F)c(O)c(F)c3)oc12. The maximum absolute atomic E-state index is 13.4. The summed E-state index contributed by atoms with van der Waals surface area (Å²) in [5, 5.41) is 9.09. The third-order valence-corrected chi connectivity index (χ3v) is 2.93. The van der Waals surface area contributed by atoms with Gasteiger partial charge in [-0.05, 0) is 18.2 Å². The van der Waals surface area contributed by atoms with Crippen LogP contribution in [-0.2, 0) is 0 Å². The molecular formula is C15H9F2NO2. The molecule has 3 aromatic rings. The molecule has 0 aliphatic rings. The molecule has 0 radical (unpaired) electrons. The van der Waals surface area contributed by atoms with E-state index in [1.54, 1.807) is 24.3 Å². The lowest BCUT2D eigenvalue weighted by atomic mass is 10.2. The second kappa shape index (κ2) is 4.45. The summed E-state index contributed by atoms with van der Waals surface area (Å²) in [6.45, 7) is 3.66. The van der Waals surface area contributed by atoms with Crippen molar-refractivity contribution in [1.29, 1.82) is 0 Å². The van der Waals surface area contributed by atoms with Crippen molar-refractivity contribution >= 4 is 17.2 Å². The Labute approximate surface area is 112 Å². The van der Waals surface area contributed by atoms with Gasteiger partial charge in [0.15, 0.2) is 23.0 Å². The van der Waals surface area contributed by atoms with Gasteiger partial charge in [-0.25, -0.2) is 13.8 Å². The van der Waals surface area contributed by atoms with Gasteiger partial charge in [-0.3, -0.25) is 0 Å². The predicted molar refractivity (Wildman–Crippen MR) is 71.1 cm³/mol. The number of halogens is 2. The smallest absolute Gasteiger partial charge is 0.227 e. The fraction of sp³-hybridized carbons (Fsp3) is 0. The Morgan fingerprint density at radius 1 is 1.20 bits per heavy atom. The average Bonchev–Trinajstić information content (AvgIpc) is 2.88. The Bertz CT molecular complexity index is 801. The minimum atomic E-state index is -1.06. The molecule has 100 valence electrons. The number of fused-ring (bicyclic) bond motifs is 1. The molecule has 3 rings (SSSR count). The second-order valence-corrected chi connectivity index (χ2v) is 4.21. The van der Waals surface area contributed by atoms with E-state index in [1.807, 2.05) is 0 Å². The fourth-order valence-electron chi connectivity index (χ4n) is 1.94. The van der Waals surface area contributed by atoms with E-state index in [0.29, 0.717) is 11.1 Å². The van der Waals surface area contributed by atoms with Crippen LogP contribution in [0, 0.1) is 11.6 Å². The van der Waals surface area contributed by atoms with Crippen LogP contribution in [0.15, 0.2) is 41.3 Å². The number of benzene rings is 2. The Balaban J connectivity index is 2.22. The number of hydrogen-bond acceptors (Lipinski definition) is 3. The molecule has 0 atom stereocenters. The van der Waals surface area contributed by atoms with E-state index in [-0.39, 0.29) is 11.5 Å². The summed E-state index contributed by atoms with van der Waals surface area (Å²) in [6, 6.07) is 7.24. The van der Waals surface area contributed by atoms with Crippen LogP contribution in [-0.4, -0.2) is 10.1 Å². The quantitative estimate of drug-likeness (QED) is 0.763. The number of aromatic hydroxyl groups is 1. The molecule has 0 aliphatic carbocycles. The zero-order chi connectivity index (χ0) is 14.3. The zero-order valence-electron chi connectivity index (χ0n) is 10.2. The first-order valence-electron chi connectivity index (χ1n) is 5.80. The van der Waals surface area contributed by atoms with Gasteiger partial charge < -0.3 is 9.52 Å². The van der Waals surface area contributed by atoms with Crippen LogP contribution in [0.5, 0.6) is 5.75 Å². The van der Waals surface area contributed by atoms with E-state index in [2.05, 4.69) is 11.6 Å². The van der Waals surface area contributed by atoms with Crippen LogP contribution in [0.3, 0.4) is 0 Å². The number of aromatic nitrogens is 1. The van der Waals surface area contributed by atoms with E-state index in [4.69, 9.17) is 9.52 Å². The molecule has 0 fully saturated rings. The van der Waals surface area contributed by atoms with Crippen LogP contribution in [0.2, 0.25) is 0 Å². The molecular weight excluding hydrogens is 264 g/mol. The molecule has 1 aromatic heterocycles. The van der Waals surface area contributed by atoms with Crippen molar-refractivity contribution in [3.8, 4) is 17.2 Å². The number of rotatable bonds is 2. The zero-order valence-corrected chi connectivity index (χ0v) is 10.2. The largest absolute Gasteiger partial charge is 0.503 e. The summed E-state index contributed by atoms with van der Waals surface area (Å²) in [5.41, 5.74) is 1.91. The van der Waals surface area contributed by atoms with Gasteiger partial charge in [0.05, 0.1) is 0 Å². The average molecular weight is 273 g/mol. The minimum Gasteiger partial charge on any atom is -0.503 e.